The largest absolute Gasteiger partial charge is 0.380 e. The summed E-state index contributed by atoms with van der Waals surface area (Å²) < 4.78 is 5.28. The van der Waals surface area contributed by atoms with E-state index in [4.69, 9.17) is 4.74 Å². The van der Waals surface area contributed by atoms with Gasteiger partial charge in [0.2, 0.25) is 0 Å². The Bertz CT molecular complexity index is 382. The second kappa shape index (κ2) is 7.66. The Labute approximate surface area is 108 Å². The van der Waals surface area contributed by atoms with Gasteiger partial charge in [0.05, 0.1) is 12.2 Å². The normalized spacial score (nSPS) is 10.2. The molecule has 18 heavy (non-hydrogen) atoms. The van der Waals surface area contributed by atoms with Gasteiger partial charge in [-0.1, -0.05) is 0 Å². The maximum atomic E-state index is 12.3. The number of hydrogen-bond acceptors (Lipinski definition) is 4. The molecular weight excluding hydrogens is 230 g/mol. The first kappa shape index (κ1) is 14.4. The Kier molecular flexibility index (Phi) is 6.14. The average Bonchev–Trinajstić information content (AvgIpc) is 2.43. The fourth-order valence-corrected chi connectivity index (χ4v) is 1.67. The molecule has 1 rings (SSSR count). The third kappa shape index (κ3) is 3.70. The van der Waals surface area contributed by atoms with Crippen LogP contribution in [0.3, 0.4) is 0 Å². The minimum absolute atomic E-state index is 0.0188. The highest BCUT2D eigenvalue weighted by Crippen LogP contribution is 2.13. The zero-order chi connectivity index (χ0) is 13.4. The molecule has 1 heterocycles. The van der Waals surface area contributed by atoms with Crippen molar-refractivity contribution in [1.82, 2.24) is 9.88 Å². The molecule has 0 atom stereocenters. The molecule has 0 fully saturated rings. The number of pyridine rings is 1. The zero-order valence-electron chi connectivity index (χ0n) is 11.3. The summed E-state index contributed by atoms with van der Waals surface area (Å²) >= 11 is 0. The summed E-state index contributed by atoms with van der Waals surface area (Å²) in [7, 11) is 1.76. The molecule has 1 amide bonds. The van der Waals surface area contributed by atoms with Gasteiger partial charge < -0.3 is 15.0 Å². The smallest absolute Gasteiger partial charge is 0.257 e. The highest BCUT2D eigenvalue weighted by molar-refractivity contribution is 5.98. The van der Waals surface area contributed by atoms with Crippen LogP contribution in [0, 0.1) is 0 Å². The van der Waals surface area contributed by atoms with Crippen LogP contribution in [0.4, 0.5) is 5.82 Å². The van der Waals surface area contributed by atoms with Crippen molar-refractivity contribution in [2.24, 2.45) is 0 Å². The highest BCUT2D eigenvalue weighted by atomic mass is 16.5. The molecule has 0 bridgehead atoms. The Morgan fingerprint density at radius 2 is 2.28 bits per heavy atom. The van der Waals surface area contributed by atoms with E-state index < -0.39 is 0 Å². The molecule has 0 saturated heterocycles. The molecule has 5 nitrogen and oxygen atoms in total. The van der Waals surface area contributed by atoms with Gasteiger partial charge >= 0.3 is 0 Å². The number of nitrogens with zero attached hydrogens (tertiary/aromatic N) is 2. The highest BCUT2D eigenvalue weighted by Gasteiger charge is 2.17. The van der Waals surface area contributed by atoms with Gasteiger partial charge in [-0.15, -0.1) is 0 Å². The van der Waals surface area contributed by atoms with E-state index in [0.717, 1.165) is 0 Å². The van der Waals surface area contributed by atoms with Gasteiger partial charge in [0.1, 0.15) is 5.82 Å². The lowest BCUT2D eigenvalue weighted by molar-refractivity contribution is 0.0670. The van der Waals surface area contributed by atoms with Crippen molar-refractivity contribution in [2.45, 2.75) is 13.8 Å². The van der Waals surface area contributed by atoms with Gasteiger partial charge in [-0.3, -0.25) is 4.79 Å². The molecule has 0 aliphatic rings. The predicted molar refractivity (Wildman–Crippen MR) is 71.9 cm³/mol. The fourth-order valence-electron chi connectivity index (χ4n) is 1.67. The first-order valence-electron chi connectivity index (χ1n) is 6.24. The van der Waals surface area contributed by atoms with Crippen molar-refractivity contribution in [3.05, 3.63) is 23.9 Å². The van der Waals surface area contributed by atoms with Gasteiger partial charge in [0.15, 0.2) is 0 Å². The molecule has 1 aromatic rings. The van der Waals surface area contributed by atoms with Crippen molar-refractivity contribution in [2.75, 3.05) is 38.7 Å². The van der Waals surface area contributed by atoms with Crippen molar-refractivity contribution < 1.29 is 9.53 Å². The third-order valence-electron chi connectivity index (χ3n) is 2.65. The van der Waals surface area contributed by atoms with Crippen LogP contribution in [-0.2, 0) is 4.74 Å². The predicted octanol–water partition coefficient (Wildman–Crippen LogP) is 1.62. The Hall–Kier alpha value is -1.62. The Morgan fingerprint density at radius 1 is 1.50 bits per heavy atom. The number of ether oxygens (including phenoxy) is 1. The minimum atomic E-state index is -0.0188. The number of aromatic nitrogens is 1. The summed E-state index contributed by atoms with van der Waals surface area (Å²) in [6.07, 6.45) is 1.67. The molecule has 5 heteroatoms. The second-order valence-corrected chi connectivity index (χ2v) is 3.73. The van der Waals surface area contributed by atoms with Crippen molar-refractivity contribution in [1.29, 1.82) is 0 Å². The van der Waals surface area contributed by atoms with Gasteiger partial charge in [-0.2, -0.15) is 0 Å². The summed E-state index contributed by atoms with van der Waals surface area (Å²) in [6, 6.07) is 3.55. The molecule has 0 saturated carbocycles. The Morgan fingerprint density at radius 3 is 2.89 bits per heavy atom. The van der Waals surface area contributed by atoms with Crippen molar-refractivity contribution >= 4 is 11.7 Å². The van der Waals surface area contributed by atoms with Crippen LogP contribution in [0.1, 0.15) is 24.2 Å². The maximum Gasteiger partial charge on any atom is 0.257 e. The topological polar surface area (TPSA) is 54.5 Å². The standard InChI is InChI=1S/C13H21N3O2/c1-4-16(9-10-18-5-2)13(17)11-7-6-8-15-12(11)14-3/h6-8H,4-5,9-10H2,1-3H3,(H,14,15). The number of anilines is 1. The van der Waals surface area contributed by atoms with Gasteiger partial charge in [0.25, 0.3) is 5.91 Å². The van der Waals surface area contributed by atoms with Crippen LogP contribution >= 0.6 is 0 Å². The monoisotopic (exact) mass is 251 g/mol. The fraction of sp³-hybridized carbons (Fsp3) is 0.538. The van der Waals surface area contributed by atoms with Gasteiger partial charge in [-0.05, 0) is 26.0 Å². The molecule has 1 aromatic heterocycles. The lowest BCUT2D eigenvalue weighted by atomic mass is 10.2. The van der Waals surface area contributed by atoms with E-state index in [-0.39, 0.29) is 5.91 Å². The second-order valence-electron chi connectivity index (χ2n) is 3.73. The number of likely N-dealkylation sites (N-methyl/N-ethyl adjacent to an activating group) is 1. The number of carbonyl (C=O) groups excluding carboxylic acids is 1. The minimum Gasteiger partial charge on any atom is -0.380 e. The molecule has 0 aliphatic heterocycles. The number of nitrogens with one attached hydrogen (secondary N) is 1. The van der Waals surface area contributed by atoms with E-state index >= 15 is 0 Å². The van der Waals surface area contributed by atoms with E-state index in [1.54, 1.807) is 30.3 Å². The lowest BCUT2D eigenvalue weighted by Gasteiger charge is -2.21. The van der Waals surface area contributed by atoms with E-state index in [2.05, 4.69) is 10.3 Å². The van der Waals surface area contributed by atoms with Crippen LogP contribution in [0.5, 0.6) is 0 Å². The third-order valence-corrected chi connectivity index (χ3v) is 2.65. The molecule has 0 spiro atoms. The first-order valence-corrected chi connectivity index (χ1v) is 6.24. The van der Waals surface area contributed by atoms with Crippen molar-refractivity contribution in [3.8, 4) is 0 Å². The van der Waals surface area contributed by atoms with Crippen LogP contribution in [0.15, 0.2) is 18.3 Å². The molecule has 0 unspecified atom stereocenters. The molecule has 0 aromatic carbocycles. The first-order chi connectivity index (χ1) is 8.74. The summed E-state index contributed by atoms with van der Waals surface area (Å²) in [5.41, 5.74) is 0.596. The molecule has 0 aliphatic carbocycles. The number of carbonyl (C=O) groups is 1. The number of hydrogen-bond donors (Lipinski definition) is 1. The van der Waals surface area contributed by atoms with E-state index in [0.29, 0.717) is 37.7 Å². The lowest BCUT2D eigenvalue weighted by Crippen LogP contribution is -2.34. The quantitative estimate of drug-likeness (QED) is 0.748. The average molecular weight is 251 g/mol. The SMILES string of the molecule is CCOCCN(CC)C(=O)c1cccnc1NC. The van der Waals surface area contributed by atoms with Crippen LogP contribution in [0.25, 0.3) is 0 Å². The Balaban J connectivity index is 2.76. The van der Waals surface area contributed by atoms with Gasteiger partial charge in [-0.25, -0.2) is 4.98 Å². The molecule has 100 valence electrons. The number of rotatable bonds is 7. The zero-order valence-corrected chi connectivity index (χ0v) is 11.3. The van der Waals surface area contributed by atoms with Gasteiger partial charge in [0, 0.05) is 32.9 Å². The van der Waals surface area contributed by atoms with E-state index in [1.807, 2.05) is 13.8 Å². The number of amides is 1. The van der Waals surface area contributed by atoms with Crippen molar-refractivity contribution in [3.63, 3.8) is 0 Å². The summed E-state index contributed by atoms with van der Waals surface area (Å²) in [6.45, 7) is 6.38. The van der Waals surface area contributed by atoms with Crippen LogP contribution in [0.2, 0.25) is 0 Å². The molecule has 0 radical (unpaired) electrons. The molecular formula is C13H21N3O2. The maximum absolute atomic E-state index is 12.3. The summed E-state index contributed by atoms with van der Waals surface area (Å²) in [4.78, 5) is 18.2. The van der Waals surface area contributed by atoms with E-state index in [9.17, 15) is 4.79 Å². The molecule has 1 N–H and O–H groups in total. The van der Waals surface area contributed by atoms with Crippen LogP contribution in [-0.4, -0.2) is 49.1 Å². The van der Waals surface area contributed by atoms with Crippen LogP contribution < -0.4 is 5.32 Å². The summed E-state index contributed by atoms with van der Waals surface area (Å²) in [5, 5.41) is 2.93. The van der Waals surface area contributed by atoms with E-state index in [1.165, 1.54) is 0 Å². The summed E-state index contributed by atoms with van der Waals surface area (Å²) in [5.74, 6) is 0.590.